The van der Waals surface area contributed by atoms with Gasteiger partial charge in [-0.25, -0.2) is 0 Å². The highest BCUT2D eigenvalue weighted by atomic mass is 15.3. The quantitative estimate of drug-likeness (QED) is 0.413. The lowest BCUT2D eigenvalue weighted by Crippen LogP contribution is -2.16. The third-order valence-corrected chi connectivity index (χ3v) is 5.89. The topological polar surface area (TPSA) is 126 Å². The molecule has 0 aromatic heterocycles. The van der Waals surface area contributed by atoms with Crippen LogP contribution in [-0.2, 0) is 0 Å². The maximum atomic E-state index is 9.27. The maximum Gasteiger partial charge on any atom is 0.170 e. The number of benzene rings is 3. The zero-order chi connectivity index (χ0) is 22.6. The molecule has 2 aliphatic rings. The van der Waals surface area contributed by atoms with Crippen LogP contribution in [0.4, 0.5) is 22.7 Å². The van der Waals surface area contributed by atoms with Gasteiger partial charge in [0.15, 0.2) is 11.1 Å². The van der Waals surface area contributed by atoms with E-state index in [1.807, 2.05) is 84.6 Å². The molecule has 3 aromatic rings. The van der Waals surface area contributed by atoms with Crippen molar-refractivity contribution in [2.24, 2.45) is 0 Å². The first-order chi connectivity index (χ1) is 15.5. The minimum atomic E-state index is 0.0215. The molecule has 8 nitrogen and oxygen atoms in total. The summed E-state index contributed by atoms with van der Waals surface area (Å²) < 4.78 is 0. The Labute approximate surface area is 183 Å². The minimum Gasteiger partial charge on any atom is -0.338 e. The summed E-state index contributed by atoms with van der Waals surface area (Å²) in [4.78, 5) is 3.62. The molecule has 0 amide bonds. The van der Waals surface area contributed by atoms with E-state index < -0.39 is 0 Å². The number of nitrogens with zero attached hydrogens (tertiary/aromatic N) is 6. The highest BCUT2D eigenvalue weighted by Gasteiger charge is 2.27. The zero-order valence-electron chi connectivity index (χ0n) is 17.1. The van der Waals surface area contributed by atoms with Crippen LogP contribution < -0.4 is 20.4 Å². The molecule has 8 heteroatoms. The van der Waals surface area contributed by atoms with Crippen molar-refractivity contribution >= 4 is 44.3 Å². The molecule has 0 saturated carbocycles. The van der Waals surface area contributed by atoms with Gasteiger partial charge in [0.1, 0.15) is 35.9 Å². The fourth-order valence-electron chi connectivity index (χ4n) is 4.27. The summed E-state index contributed by atoms with van der Waals surface area (Å²) in [5.41, 5.74) is 3.44. The largest absolute Gasteiger partial charge is 0.338 e. The van der Waals surface area contributed by atoms with E-state index in [1.54, 1.807) is 0 Å². The Balaban J connectivity index is 1.73. The number of fused-ring (bicyclic) bond motifs is 5. The Bertz CT molecular complexity index is 1450. The fourth-order valence-corrected chi connectivity index (χ4v) is 4.27. The van der Waals surface area contributed by atoms with Crippen molar-refractivity contribution in [1.29, 1.82) is 21.0 Å². The first-order valence-electron chi connectivity index (χ1n) is 9.65. The van der Waals surface area contributed by atoms with Gasteiger partial charge in [0.2, 0.25) is 0 Å². The molecular formula is C24H14N8. The predicted molar refractivity (Wildman–Crippen MR) is 122 cm³/mol. The van der Waals surface area contributed by atoms with E-state index >= 15 is 0 Å². The van der Waals surface area contributed by atoms with E-state index in [1.165, 1.54) is 0 Å². The molecular weight excluding hydrogens is 400 g/mol. The van der Waals surface area contributed by atoms with Gasteiger partial charge in [-0.15, -0.1) is 0 Å². The lowest BCUT2D eigenvalue weighted by atomic mass is 9.99. The van der Waals surface area contributed by atoms with Gasteiger partial charge >= 0.3 is 0 Å². The van der Waals surface area contributed by atoms with Gasteiger partial charge in [-0.3, -0.25) is 0 Å². The van der Waals surface area contributed by atoms with Gasteiger partial charge in [0.25, 0.3) is 0 Å². The standard InChI is InChI=1S/C24H14N8/c1-31-21-7-17-13(5-19(21)29-23(31)15(9-25)10-26)3-4-14-6-20-22(8-18(14)17)32(2)24(30-20)16(11-27)12-28/h3-8,29-30H,1-2H3. The Morgan fingerprint density at radius 3 is 1.38 bits per heavy atom. The molecule has 2 N–H and O–H groups in total. The van der Waals surface area contributed by atoms with Gasteiger partial charge in [-0.2, -0.15) is 21.0 Å². The van der Waals surface area contributed by atoms with Crippen LogP contribution in [-0.4, -0.2) is 14.1 Å². The first kappa shape index (κ1) is 18.8. The third-order valence-electron chi connectivity index (χ3n) is 5.89. The van der Waals surface area contributed by atoms with E-state index in [4.69, 9.17) is 0 Å². The summed E-state index contributed by atoms with van der Waals surface area (Å²) in [6, 6.07) is 19.9. The molecule has 0 saturated heterocycles. The third kappa shape index (κ3) is 2.45. The van der Waals surface area contributed by atoms with E-state index in [0.717, 1.165) is 44.3 Å². The molecule has 0 unspecified atom stereocenters. The average Bonchev–Trinajstić information content (AvgIpc) is 3.29. The fraction of sp³-hybridized carbons (Fsp3) is 0.0833. The monoisotopic (exact) mass is 414 g/mol. The Morgan fingerprint density at radius 2 is 1.03 bits per heavy atom. The van der Waals surface area contributed by atoms with Crippen LogP contribution in [0.1, 0.15) is 0 Å². The lowest BCUT2D eigenvalue weighted by Gasteiger charge is -2.15. The second-order valence-electron chi connectivity index (χ2n) is 7.51. The predicted octanol–water partition coefficient (Wildman–Crippen LogP) is 4.23. The summed E-state index contributed by atoms with van der Waals surface area (Å²) in [7, 11) is 3.63. The van der Waals surface area contributed by atoms with Gasteiger partial charge in [-0.1, -0.05) is 12.1 Å². The number of allylic oxidation sites excluding steroid dienone is 2. The molecule has 0 atom stereocenters. The van der Waals surface area contributed by atoms with Crippen LogP contribution in [0.25, 0.3) is 21.5 Å². The van der Waals surface area contributed by atoms with Crippen LogP contribution in [0, 0.1) is 45.3 Å². The number of anilines is 4. The molecule has 0 spiro atoms. The molecule has 3 aromatic carbocycles. The molecule has 0 aliphatic carbocycles. The van der Waals surface area contributed by atoms with Crippen LogP contribution in [0.2, 0.25) is 0 Å². The van der Waals surface area contributed by atoms with E-state index in [0.29, 0.717) is 11.6 Å². The molecule has 0 bridgehead atoms. The zero-order valence-corrected chi connectivity index (χ0v) is 17.1. The van der Waals surface area contributed by atoms with Crippen LogP contribution in [0.15, 0.2) is 59.2 Å². The van der Waals surface area contributed by atoms with Gasteiger partial charge in [0, 0.05) is 14.1 Å². The number of rotatable bonds is 0. The number of nitrogens with one attached hydrogen (secondary N) is 2. The van der Waals surface area contributed by atoms with E-state index in [9.17, 15) is 21.0 Å². The van der Waals surface area contributed by atoms with Gasteiger partial charge in [-0.05, 0) is 45.8 Å². The highest BCUT2D eigenvalue weighted by molar-refractivity contribution is 6.13. The minimum absolute atomic E-state index is 0.0215. The normalized spacial score (nSPS) is 13.4. The Kier molecular flexibility index (Phi) is 3.93. The summed E-state index contributed by atoms with van der Waals surface area (Å²) in [6.45, 7) is 0. The van der Waals surface area contributed by atoms with Crippen molar-refractivity contribution in [1.82, 2.24) is 0 Å². The molecule has 2 heterocycles. The number of hydrogen-bond acceptors (Lipinski definition) is 8. The van der Waals surface area contributed by atoms with Crippen molar-refractivity contribution in [2.45, 2.75) is 0 Å². The van der Waals surface area contributed by atoms with Crippen LogP contribution >= 0.6 is 0 Å². The van der Waals surface area contributed by atoms with Gasteiger partial charge < -0.3 is 20.4 Å². The molecule has 150 valence electrons. The summed E-state index contributed by atoms with van der Waals surface area (Å²) in [5, 5.41) is 47.5. The van der Waals surface area contributed by atoms with Crippen LogP contribution in [0.5, 0.6) is 0 Å². The van der Waals surface area contributed by atoms with Crippen molar-refractivity contribution in [3.05, 3.63) is 59.2 Å². The second kappa shape index (κ2) is 6.67. The maximum absolute atomic E-state index is 9.27. The molecule has 2 aliphatic heterocycles. The smallest absolute Gasteiger partial charge is 0.170 e. The lowest BCUT2D eigenvalue weighted by molar-refractivity contribution is 1.14. The van der Waals surface area contributed by atoms with Crippen molar-refractivity contribution in [3.63, 3.8) is 0 Å². The van der Waals surface area contributed by atoms with Gasteiger partial charge in [0.05, 0.1) is 22.7 Å². The van der Waals surface area contributed by atoms with Crippen molar-refractivity contribution in [2.75, 3.05) is 34.5 Å². The number of hydrogen-bond donors (Lipinski definition) is 2. The molecule has 5 rings (SSSR count). The van der Waals surface area contributed by atoms with Crippen molar-refractivity contribution in [3.8, 4) is 24.3 Å². The average molecular weight is 414 g/mol. The first-order valence-corrected chi connectivity index (χ1v) is 9.65. The summed E-state index contributed by atoms with van der Waals surface area (Å²) in [5.74, 6) is 0.925. The molecule has 32 heavy (non-hydrogen) atoms. The Morgan fingerprint density at radius 1 is 0.656 bits per heavy atom. The second-order valence-corrected chi connectivity index (χ2v) is 7.51. The molecule has 0 fully saturated rings. The van der Waals surface area contributed by atoms with Crippen LogP contribution in [0.3, 0.4) is 0 Å². The van der Waals surface area contributed by atoms with Crippen molar-refractivity contribution < 1.29 is 0 Å². The van der Waals surface area contributed by atoms with E-state index in [2.05, 4.69) is 10.6 Å². The highest BCUT2D eigenvalue weighted by Crippen LogP contribution is 2.44. The number of nitriles is 4. The Hall–Kier alpha value is -5.18. The summed E-state index contributed by atoms with van der Waals surface area (Å²) in [6.07, 6.45) is 0. The molecule has 0 radical (unpaired) electrons. The SMILES string of the molecule is CN1C(=C(C#N)C#N)Nc2cc3ccc4cc5c(cc4c3cc21)N(C)C(=C(C#N)C#N)N5. The van der Waals surface area contributed by atoms with E-state index in [-0.39, 0.29) is 11.1 Å². The summed E-state index contributed by atoms with van der Waals surface area (Å²) >= 11 is 0.